The van der Waals surface area contributed by atoms with Crippen molar-refractivity contribution in [1.29, 1.82) is 0 Å². The van der Waals surface area contributed by atoms with Crippen molar-refractivity contribution in [3.63, 3.8) is 0 Å². The second-order valence-electron chi connectivity index (χ2n) is 6.96. The van der Waals surface area contributed by atoms with Crippen molar-refractivity contribution < 1.29 is 14.3 Å². The van der Waals surface area contributed by atoms with Crippen molar-refractivity contribution in [2.75, 3.05) is 26.2 Å². The van der Waals surface area contributed by atoms with Crippen LogP contribution in [-0.4, -0.2) is 54.0 Å². The van der Waals surface area contributed by atoms with E-state index in [9.17, 15) is 9.59 Å². The molecule has 0 radical (unpaired) electrons. The van der Waals surface area contributed by atoms with Crippen molar-refractivity contribution in [3.05, 3.63) is 29.3 Å². The van der Waals surface area contributed by atoms with E-state index in [2.05, 4.69) is 26.0 Å². The van der Waals surface area contributed by atoms with Gasteiger partial charge in [-0.1, -0.05) is 26.0 Å². The van der Waals surface area contributed by atoms with Gasteiger partial charge in [0.25, 0.3) is 5.91 Å². The molecular formula is C19H29N3O3. The molecule has 0 aromatic heterocycles. The van der Waals surface area contributed by atoms with Gasteiger partial charge < -0.3 is 20.3 Å². The number of amides is 3. The summed E-state index contributed by atoms with van der Waals surface area (Å²) in [5, 5.41) is 0. The Morgan fingerprint density at radius 3 is 2.36 bits per heavy atom. The van der Waals surface area contributed by atoms with Crippen molar-refractivity contribution in [3.8, 4) is 5.75 Å². The zero-order valence-corrected chi connectivity index (χ0v) is 15.6. The highest BCUT2D eigenvalue weighted by atomic mass is 16.5. The molecule has 1 aromatic carbocycles. The van der Waals surface area contributed by atoms with Crippen LogP contribution in [0.5, 0.6) is 5.75 Å². The van der Waals surface area contributed by atoms with Crippen molar-refractivity contribution in [2.45, 2.75) is 46.1 Å². The number of benzene rings is 1. The third-order valence-corrected chi connectivity index (χ3v) is 4.56. The van der Waals surface area contributed by atoms with Crippen LogP contribution in [0.2, 0.25) is 0 Å². The highest BCUT2D eigenvalue weighted by molar-refractivity contribution is 5.81. The first-order valence-electron chi connectivity index (χ1n) is 8.90. The number of primary amides is 1. The minimum Gasteiger partial charge on any atom is -0.481 e. The quantitative estimate of drug-likeness (QED) is 0.909. The highest BCUT2D eigenvalue weighted by Gasteiger charge is 2.26. The van der Waals surface area contributed by atoms with Crippen LogP contribution >= 0.6 is 0 Å². The van der Waals surface area contributed by atoms with Gasteiger partial charge in [-0.3, -0.25) is 4.79 Å². The van der Waals surface area contributed by atoms with Crippen LogP contribution < -0.4 is 10.5 Å². The molecule has 0 saturated carbocycles. The van der Waals surface area contributed by atoms with Gasteiger partial charge in [-0.15, -0.1) is 0 Å². The summed E-state index contributed by atoms with van der Waals surface area (Å²) in [6.45, 7) is 10.2. The SMILES string of the molecule is Cc1ccc(C(C)C)c(OC(C)C(=O)N2CCCN(C(N)=O)CC2)c1. The van der Waals surface area contributed by atoms with Gasteiger partial charge in [0, 0.05) is 26.2 Å². The van der Waals surface area contributed by atoms with Gasteiger partial charge in [0.1, 0.15) is 5.75 Å². The Bertz CT molecular complexity index is 630. The molecule has 0 aliphatic carbocycles. The molecule has 1 aliphatic rings. The van der Waals surface area contributed by atoms with E-state index in [1.807, 2.05) is 13.0 Å². The van der Waals surface area contributed by atoms with E-state index < -0.39 is 12.1 Å². The Labute approximate surface area is 149 Å². The molecule has 1 aromatic rings. The zero-order valence-electron chi connectivity index (χ0n) is 15.6. The largest absolute Gasteiger partial charge is 0.481 e. The van der Waals surface area contributed by atoms with Crippen LogP contribution in [0.3, 0.4) is 0 Å². The maximum atomic E-state index is 12.8. The molecule has 6 heteroatoms. The Morgan fingerprint density at radius 1 is 1.08 bits per heavy atom. The molecule has 3 amide bonds. The number of carbonyl (C=O) groups is 2. The van der Waals surface area contributed by atoms with Gasteiger partial charge in [-0.25, -0.2) is 4.79 Å². The summed E-state index contributed by atoms with van der Waals surface area (Å²) in [5.41, 5.74) is 7.54. The van der Waals surface area contributed by atoms with Gasteiger partial charge in [0.05, 0.1) is 0 Å². The van der Waals surface area contributed by atoms with Crippen LogP contribution in [0.4, 0.5) is 4.79 Å². The average Bonchev–Trinajstić information content (AvgIpc) is 2.80. The van der Waals surface area contributed by atoms with Crippen LogP contribution in [0.25, 0.3) is 0 Å². The number of aryl methyl sites for hydroxylation is 1. The number of hydrogen-bond acceptors (Lipinski definition) is 3. The van der Waals surface area contributed by atoms with Crippen LogP contribution in [0, 0.1) is 6.92 Å². The van der Waals surface area contributed by atoms with E-state index in [0.717, 1.165) is 23.3 Å². The fourth-order valence-electron chi connectivity index (χ4n) is 3.08. The first-order chi connectivity index (χ1) is 11.8. The van der Waals surface area contributed by atoms with Gasteiger partial charge in [-0.2, -0.15) is 0 Å². The molecule has 2 rings (SSSR count). The number of urea groups is 1. The maximum absolute atomic E-state index is 12.8. The summed E-state index contributed by atoms with van der Waals surface area (Å²) in [6.07, 6.45) is 0.155. The lowest BCUT2D eigenvalue weighted by molar-refractivity contribution is -0.137. The average molecular weight is 347 g/mol. The zero-order chi connectivity index (χ0) is 18.6. The van der Waals surface area contributed by atoms with Gasteiger partial charge >= 0.3 is 6.03 Å². The summed E-state index contributed by atoms with van der Waals surface area (Å²) in [6, 6.07) is 5.67. The van der Waals surface area contributed by atoms with E-state index in [4.69, 9.17) is 10.5 Å². The molecule has 2 N–H and O–H groups in total. The van der Waals surface area contributed by atoms with Crippen molar-refractivity contribution >= 4 is 11.9 Å². The van der Waals surface area contributed by atoms with E-state index in [1.54, 1.807) is 16.7 Å². The summed E-state index contributed by atoms with van der Waals surface area (Å²) in [7, 11) is 0. The van der Waals surface area contributed by atoms with E-state index in [-0.39, 0.29) is 5.91 Å². The third-order valence-electron chi connectivity index (χ3n) is 4.56. The summed E-state index contributed by atoms with van der Waals surface area (Å²) in [4.78, 5) is 27.4. The standard InChI is InChI=1S/C19H29N3O3/c1-13(2)16-7-6-14(3)12-17(16)25-15(4)18(23)21-8-5-9-22(11-10-21)19(20)24/h6-7,12-13,15H,5,8-11H2,1-4H3,(H2,20,24). The van der Waals surface area contributed by atoms with E-state index in [0.29, 0.717) is 32.1 Å². The Balaban J connectivity index is 2.05. The van der Waals surface area contributed by atoms with Crippen molar-refractivity contribution in [1.82, 2.24) is 9.80 Å². The lowest BCUT2D eigenvalue weighted by atomic mass is 10.0. The Morgan fingerprint density at radius 2 is 1.72 bits per heavy atom. The van der Waals surface area contributed by atoms with Crippen LogP contribution in [-0.2, 0) is 4.79 Å². The Kier molecular flexibility index (Phi) is 6.28. The predicted molar refractivity (Wildman–Crippen MR) is 97.7 cm³/mol. The molecule has 138 valence electrons. The summed E-state index contributed by atoms with van der Waals surface area (Å²) < 4.78 is 6.02. The maximum Gasteiger partial charge on any atom is 0.314 e. The minimum atomic E-state index is -0.570. The smallest absolute Gasteiger partial charge is 0.314 e. The first-order valence-corrected chi connectivity index (χ1v) is 8.90. The number of nitrogens with zero attached hydrogens (tertiary/aromatic N) is 2. The molecule has 0 spiro atoms. The number of nitrogens with two attached hydrogens (primary N) is 1. The number of rotatable bonds is 4. The molecule has 1 aliphatic heterocycles. The fraction of sp³-hybridized carbons (Fsp3) is 0.579. The minimum absolute atomic E-state index is 0.0532. The molecule has 1 unspecified atom stereocenters. The second-order valence-corrected chi connectivity index (χ2v) is 6.96. The van der Waals surface area contributed by atoms with E-state index >= 15 is 0 Å². The molecule has 0 bridgehead atoms. The molecule has 1 heterocycles. The number of ether oxygens (including phenoxy) is 1. The van der Waals surface area contributed by atoms with Crippen LogP contribution in [0.15, 0.2) is 18.2 Å². The van der Waals surface area contributed by atoms with Gasteiger partial charge in [-0.05, 0) is 43.4 Å². The summed E-state index contributed by atoms with van der Waals surface area (Å²) >= 11 is 0. The molecule has 25 heavy (non-hydrogen) atoms. The molecule has 1 atom stereocenters. The third kappa shape index (κ3) is 4.87. The van der Waals surface area contributed by atoms with Gasteiger partial charge in [0.2, 0.25) is 0 Å². The predicted octanol–water partition coefficient (Wildman–Crippen LogP) is 2.50. The number of carbonyl (C=O) groups excluding carboxylic acids is 2. The molecule has 1 saturated heterocycles. The fourth-order valence-corrected chi connectivity index (χ4v) is 3.08. The van der Waals surface area contributed by atoms with E-state index in [1.165, 1.54) is 0 Å². The lowest BCUT2D eigenvalue weighted by Crippen LogP contribution is -2.43. The summed E-state index contributed by atoms with van der Waals surface area (Å²) in [5.74, 6) is 1.03. The second kappa shape index (κ2) is 8.23. The highest BCUT2D eigenvalue weighted by Crippen LogP contribution is 2.28. The monoisotopic (exact) mass is 347 g/mol. The lowest BCUT2D eigenvalue weighted by Gasteiger charge is -2.26. The normalized spacial score (nSPS) is 16.5. The van der Waals surface area contributed by atoms with Crippen molar-refractivity contribution in [2.24, 2.45) is 5.73 Å². The molecule has 1 fully saturated rings. The topological polar surface area (TPSA) is 75.9 Å². The van der Waals surface area contributed by atoms with Gasteiger partial charge in [0.15, 0.2) is 6.10 Å². The number of hydrogen-bond donors (Lipinski definition) is 1. The molecular weight excluding hydrogens is 318 g/mol. The van der Waals surface area contributed by atoms with Crippen LogP contribution in [0.1, 0.15) is 44.2 Å². The molecule has 6 nitrogen and oxygen atoms in total. The Hall–Kier alpha value is -2.24. The first kappa shape index (κ1) is 19.1.